The van der Waals surface area contributed by atoms with Crippen LogP contribution >= 0.6 is 11.6 Å². The SMILES string of the molecule is Clc1cnc2ccn(CC3CCOCC3)c2n1. The average Bonchev–Trinajstić information content (AvgIpc) is 2.73. The Morgan fingerprint density at radius 1 is 1.41 bits per heavy atom. The third kappa shape index (κ3) is 2.28. The van der Waals surface area contributed by atoms with Crippen molar-refractivity contribution in [2.45, 2.75) is 19.4 Å². The van der Waals surface area contributed by atoms with Crippen LogP contribution < -0.4 is 0 Å². The molecule has 4 nitrogen and oxygen atoms in total. The van der Waals surface area contributed by atoms with E-state index in [2.05, 4.69) is 14.5 Å². The van der Waals surface area contributed by atoms with E-state index < -0.39 is 0 Å². The molecule has 0 bridgehead atoms. The lowest BCUT2D eigenvalue weighted by Crippen LogP contribution is -2.20. The fourth-order valence-corrected chi connectivity index (χ4v) is 2.41. The Balaban J connectivity index is 1.86. The van der Waals surface area contributed by atoms with Crippen LogP contribution in [0.2, 0.25) is 5.15 Å². The molecule has 90 valence electrons. The van der Waals surface area contributed by atoms with E-state index in [9.17, 15) is 0 Å². The van der Waals surface area contributed by atoms with Crippen molar-refractivity contribution in [1.82, 2.24) is 14.5 Å². The lowest BCUT2D eigenvalue weighted by atomic mass is 10.0. The third-order valence-corrected chi connectivity index (χ3v) is 3.41. The van der Waals surface area contributed by atoms with E-state index in [4.69, 9.17) is 16.3 Å². The van der Waals surface area contributed by atoms with Gasteiger partial charge in [0.2, 0.25) is 0 Å². The molecule has 1 fully saturated rings. The average molecular weight is 252 g/mol. The summed E-state index contributed by atoms with van der Waals surface area (Å²) >= 11 is 5.88. The summed E-state index contributed by atoms with van der Waals surface area (Å²) in [5, 5.41) is 0.449. The van der Waals surface area contributed by atoms with Crippen molar-refractivity contribution in [1.29, 1.82) is 0 Å². The molecule has 0 spiro atoms. The van der Waals surface area contributed by atoms with Gasteiger partial charge in [0.15, 0.2) is 5.65 Å². The normalized spacial score (nSPS) is 17.7. The first kappa shape index (κ1) is 11.0. The van der Waals surface area contributed by atoms with Crippen molar-refractivity contribution in [3.05, 3.63) is 23.6 Å². The standard InChI is InChI=1S/C12H14ClN3O/c13-11-7-14-10-1-4-16(12(10)15-11)8-9-2-5-17-6-3-9/h1,4,7,9H,2-3,5-6,8H2. The molecule has 0 saturated carbocycles. The lowest BCUT2D eigenvalue weighted by Gasteiger charge is -2.22. The monoisotopic (exact) mass is 251 g/mol. The fourth-order valence-electron chi connectivity index (χ4n) is 2.28. The first-order chi connectivity index (χ1) is 8.33. The summed E-state index contributed by atoms with van der Waals surface area (Å²) in [6, 6.07) is 1.98. The van der Waals surface area contributed by atoms with Crippen molar-refractivity contribution in [2.24, 2.45) is 5.92 Å². The molecule has 0 radical (unpaired) electrons. The zero-order valence-corrected chi connectivity index (χ0v) is 10.2. The second-order valence-corrected chi connectivity index (χ2v) is 4.81. The van der Waals surface area contributed by atoms with Crippen molar-refractivity contribution < 1.29 is 4.74 Å². The minimum atomic E-state index is 0.449. The van der Waals surface area contributed by atoms with Crippen LogP contribution in [0.15, 0.2) is 18.5 Å². The largest absolute Gasteiger partial charge is 0.381 e. The van der Waals surface area contributed by atoms with Gasteiger partial charge < -0.3 is 9.30 Å². The minimum absolute atomic E-state index is 0.449. The Labute approximate surface area is 105 Å². The summed E-state index contributed by atoms with van der Waals surface area (Å²) in [6.07, 6.45) is 5.86. The van der Waals surface area contributed by atoms with Gasteiger partial charge >= 0.3 is 0 Å². The Bertz CT molecular complexity index is 519. The van der Waals surface area contributed by atoms with Gasteiger partial charge in [0, 0.05) is 26.0 Å². The van der Waals surface area contributed by atoms with Crippen LogP contribution in [0.1, 0.15) is 12.8 Å². The van der Waals surface area contributed by atoms with Gasteiger partial charge in [-0.05, 0) is 24.8 Å². The topological polar surface area (TPSA) is 39.9 Å². The molecule has 3 heterocycles. The van der Waals surface area contributed by atoms with Crippen molar-refractivity contribution in [2.75, 3.05) is 13.2 Å². The van der Waals surface area contributed by atoms with Gasteiger partial charge in [0.25, 0.3) is 0 Å². The third-order valence-electron chi connectivity index (χ3n) is 3.23. The second kappa shape index (κ2) is 4.63. The number of halogens is 1. The van der Waals surface area contributed by atoms with E-state index in [-0.39, 0.29) is 0 Å². The van der Waals surface area contributed by atoms with Crippen LogP contribution in [0.3, 0.4) is 0 Å². The van der Waals surface area contributed by atoms with Crippen molar-refractivity contribution in [3.63, 3.8) is 0 Å². The molecule has 0 aromatic carbocycles. The van der Waals surface area contributed by atoms with Crippen molar-refractivity contribution in [3.8, 4) is 0 Å². The van der Waals surface area contributed by atoms with Crippen LogP contribution in [0.5, 0.6) is 0 Å². The highest BCUT2D eigenvalue weighted by molar-refractivity contribution is 6.29. The predicted molar refractivity (Wildman–Crippen MR) is 66.1 cm³/mol. The predicted octanol–water partition coefficient (Wildman–Crippen LogP) is 2.51. The minimum Gasteiger partial charge on any atom is -0.381 e. The van der Waals surface area contributed by atoms with Crippen LogP contribution in [-0.4, -0.2) is 27.7 Å². The molecule has 2 aromatic rings. The Morgan fingerprint density at radius 2 is 2.24 bits per heavy atom. The van der Waals surface area contributed by atoms with E-state index in [1.807, 2.05) is 12.3 Å². The summed E-state index contributed by atoms with van der Waals surface area (Å²) in [5.41, 5.74) is 1.78. The highest BCUT2D eigenvalue weighted by Gasteiger charge is 2.15. The molecule has 0 N–H and O–H groups in total. The number of fused-ring (bicyclic) bond motifs is 1. The van der Waals surface area contributed by atoms with Gasteiger partial charge in [0.05, 0.1) is 6.20 Å². The van der Waals surface area contributed by atoms with Gasteiger partial charge in [-0.1, -0.05) is 11.6 Å². The van der Waals surface area contributed by atoms with E-state index in [1.165, 1.54) is 0 Å². The molecule has 1 aliphatic heterocycles. The molecule has 0 aliphatic carbocycles. The zero-order valence-electron chi connectivity index (χ0n) is 9.47. The molecule has 17 heavy (non-hydrogen) atoms. The number of hydrogen-bond acceptors (Lipinski definition) is 3. The first-order valence-corrected chi connectivity index (χ1v) is 6.26. The Morgan fingerprint density at radius 3 is 3.06 bits per heavy atom. The fraction of sp³-hybridized carbons (Fsp3) is 0.500. The quantitative estimate of drug-likeness (QED) is 0.823. The van der Waals surface area contributed by atoms with Crippen LogP contribution in [0, 0.1) is 5.92 Å². The molecular weight excluding hydrogens is 238 g/mol. The Kier molecular flexibility index (Phi) is 2.99. The number of nitrogens with zero attached hydrogens (tertiary/aromatic N) is 3. The molecular formula is C12H14ClN3O. The summed E-state index contributed by atoms with van der Waals surface area (Å²) in [5.74, 6) is 0.667. The summed E-state index contributed by atoms with van der Waals surface area (Å²) < 4.78 is 7.51. The highest BCUT2D eigenvalue weighted by atomic mass is 35.5. The molecule has 0 unspecified atom stereocenters. The van der Waals surface area contributed by atoms with Crippen LogP contribution in [0.25, 0.3) is 11.2 Å². The summed E-state index contributed by atoms with van der Waals surface area (Å²) in [7, 11) is 0. The van der Waals surface area contributed by atoms with Gasteiger partial charge in [-0.2, -0.15) is 0 Å². The summed E-state index contributed by atoms with van der Waals surface area (Å²) in [6.45, 7) is 2.72. The van der Waals surface area contributed by atoms with E-state index in [1.54, 1.807) is 6.20 Å². The lowest BCUT2D eigenvalue weighted by molar-refractivity contribution is 0.0616. The van der Waals surface area contributed by atoms with Gasteiger partial charge in [-0.25, -0.2) is 9.97 Å². The molecule has 0 atom stereocenters. The molecule has 1 aliphatic rings. The Hall–Kier alpha value is -1.13. The van der Waals surface area contributed by atoms with E-state index >= 15 is 0 Å². The smallest absolute Gasteiger partial charge is 0.160 e. The van der Waals surface area contributed by atoms with Gasteiger partial charge in [0.1, 0.15) is 10.7 Å². The zero-order chi connectivity index (χ0) is 11.7. The van der Waals surface area contributed by atoms with Crippen molar-refractivity contribution >= 4 is 22.8 Å². The van der Waals surface area contributed by atoms with E-state index in [0.29, 0.717) is 11.1 Å². The molecule has 3 rings (SSSR count). The second-order valence-electron chi connectivity index (χ2n) is 4.43. The number of ether oxygens (including phenoxy) is 1. The maximum atomic E-state index is 5.88. The van der Waals surface area contributed by atoms with Crippen LogP contribution in [-0.2, 0) is 11.3 Å². The number of hydrogen-bond donors (Lipinski definition) is 0. The number of aromatic nitrogens is 3. The van der Waals surface area contributed by atoms with E-state index in [0.717, 1.165) is 43.8 Å². The molecule has 2 aromatic heterocycles. The maximum absolute atomic E-state index is 5.88. The summed E-state index contributed by atoms with van der Waals surface area (Å²) in [4.78, 5) is 8.59. The number of rotatable bonds is 2. The van der Waals surface area contributed by atoms with Gasteiger partial charge in [-0.15, -0.1) is 0 Å². The first-order valence-electron chi connectivity index (χ1n) is 5.88. The molecule has 0 amide bonds. The maximum Gasteiger partial charge on any atom is 0.160 e. The molecule has 5 heteroatoms. The molecule has 1 saturated heterocycles. The van der Waals surface area contributed by atoms with Gasteiger partial charge in [-0.3, -0.25) is 0 Å². The van der Waals surface area contributed by atoms with Crippen LogP contribution in [0.4, 0.5) is 0 Å². The highest BCUT2D eigenvalue weighted by Crippen LogP contribution is 2.20.